The molecule has 0 aromatic heterocycles. The number of imide groups is 2. The highest BCUT2D eigenvalue weighted by Crippen LogP contribution is 2.27. The van der Waals surface area contributed by atoms with E-state index in [1.165, 1.54) is 18.2 Å². The van der Waals surface area contributed by atoms with E-state index in [0.717, 1.165) is 0 Å². The van der Waals surface area contributed by atoms with E-state index in [0.29, 0.717) is 15.8 Å². The lowest BCUT2D eigenvalue weighted by atomic mass is 10.1. The fraction of sp³-hybridized carbons (Fsp3) is 0.0769. The Kier molecular flexibility index (Phi) is 4.56. The Balaban J connectivity index is 2.23. The minimum absolute atomic E-state index is 0.217. The zero-order valence-corrected chi connectivity index (χ0v) is 12.5. The second kappa shape index (κ2) is 6.39. The van der Waals surface area contributed by atoms with Crippen molar-refractivity contribution < 1.29 is 29.0 Å². The molecule has 1 heterocycles. The molecule has 1 fully saturated rings. The average molecular weight is 369 g/mol. The number of amides is 4. The second-order valence-corrected chi connectivity index (χ2v) is 5.02. The Hall–Kier alpha value is -2.68. The monoisotopic (exact) mass is 368 g/mol. The van der Waals surface area contributed by atoms with Crippen molar-refractivity contribution in [1.82, 2.24) is 10.6 Å². The molecule has 1 aliphatic heterocycles. The summed E-state index contributed by atoms with van der Waals surface area (Å²) in [7, 11) is 0. The molecule has 0 spiro atoms. The minimum atomic E-state index is -1.11. The third-order valence-electron chi connectivity index (χ3n) is 2.56. The third kappa shape index (κ3) is 3.70. The van der Waals surface area contributed by atoms with Crippen LogP contribution in [0.4, 0.5) is 4.79 Å². The molecule has 1 aromatic rings. The van der Waals surface area contributed by atoms with Crippen molar-refractivity contribution in [2.75, 3.05) is 6.61 Å². The van der Waals surface area contributed by atoms with Crippen LogP contribution in [0.3, 0.4) is 0 Å². The molecule has 0 saturated carbocycles. The van der Waals surface area contributed by atoms with E-state index in [1.807, 2.05) is 10.6 Å². The number of benzene rings is 1. The average Bonchev–Trinajstić information content (AvgIpc) is 2.41. The zero-order chi connectivity index (χ0) is 16.3. The smallest absolute Gasteiger partial charge is 0.341 e. The molecular weight excluding hydrogens is 360 g/mol. The van der Waals surface area contributed by atoms with Crippen molar-refractivity contribution in [1.29, 1.82) is 0 Å². The summed E-state index contributed by atoms with van der Waals surface area (Å²) in [5, 5.41) is 12.5. The Bertz CT molecular complexity index is 690. The predicted molar refractivity (Wildman–Crippen MR) is 76.9 cm³/mol. The molecule has 1 saturated heterocycles. The van der Waals surface area contributed by atoms with Crippen LogP contribution in [0.1, 0.15) is 5.56 Å². The van der Waals surface area contributed by atoms with E-state index in [4.69, 9.17) is 9.84 Å². The minimum Gasteiger partial charge on any atom is -0.481 e. The summed E-state index contributed by atoms with van der Waals surface area (Å²) >= 11 is 3.20. The fourth-order valence-corrected chi connectivity index (χ4v) is 2.15. The second-order valence-electron chi connectivity index (χ2n) is 4.17. The lowest BCUT2D eigenvalue weighted by Crippen LogP contribution is -2.51. The standard InChI is InChI=1S/C13H9BrN2O6/c14-8-4-6(1-2-9(8)22-5-10(17)18)3-7-11(19)15-13(21)16-12(7)20/h1-4H,5H2,(H,17,18)(H2,15,16,19,20,21). The van der Waals surface area contributed by atoms with Gasteiger partial charge in [0.25, 0.3) is 11.8 Å². The molecule has 0 unspecified atom stereocenters. The Morgan fingerprint density at radius 1 is 1.23 bits per heavy atom. The number of rotatable bonds is 4. The number of ether oxygens (including phenoxy) is 1. The number of carboxylic acids is 1. The van der Waals surface area contributed by atoms with Crippen LogP contribution < -0.4 is 15.4 Å². The first kappa shape index (κ1) is 15.7. The van der Waals surface area contributed by atoms with Gasteiger partial charge in [0.1, 0.15) is 11.3 Å². The number of carboxylic acid groups (broad SMARTS) is 1. The van der Waals surface area contributed by atoms with Crippen LogP contribution in [0.25, 0.3) is 6.08 Å². The van der Waals surface area contributed by atoms with E-state index >= 15 is 0 Å². The number of carbonyl (C=O) groups is 4. The molecule has 4 amide bonds. The number of halogens is 1. The van der Waals surface area contributed by atoms with Crippen molar-refractivity contribution in [3.05, 3.63) is 33.8 Å². The first-order chi connectivity index (χ1) is 10.4. The number of urea groups is 1. The first-order valence-corrected chi connectivity index (χ1v) is 6.68. The van der Waals surface area contributed by atoms with Crippen LogP contribution >= 0.6 is 15.9 Å². The molecule has 22 heavy (non-hydrogen) atoms. The highest BCUT2D eigenvalue weighted by molar-refractivity contribution is 9.10. The molecule has 0 aliphatic carbocycles. The van der Waals surface area contributed by atoms with Crippen molar-refractivity contribution >= 4 is 45.8 Å². The summed E-state index contributed by atoms with van der Waals surface area (Å²) in [6.07, 6.45) is 1.29. The van der Waals surface area contributed by atoms with E-state index in [9.17, 15) is 19.2 Å². The van der Waals surface area contributed by atoms with Crippen molar-refractivity contribution in [3.8, 4) is 5.75 Å². The summed E-state index contributed by atoms with van der Waals surface area (Å²) in [6, 6.07) is 3.70. The van der Waals surface area contributed by atoms with Crippen LogP contribution in [-0.4, -0.2) is 35.5 Å². The van der Waals surface area contributed by atoms with Gasteiger partial charge in [-0.2, -0.15) is 0 Å². The van der Waals surface area contributed by atoms with E-state index in [1.54, 1.807) is 6.07 Å². The first-order valence-electron chi connectivity index (χ1n) is 5.89. The molecule has 9 heteroatoms. The number of barbiturate groups is 1. The third-order valence-corrected chi connectivity index (χ3v) is 3.18. The van der Waals surface area contributed by atoms with E-state index in [2.05, 4.69) is 15.9 Å². The van der Waals surface area contributed by atoms with Gasteiger partial charge in [0.15, 0.2) is 6.61 Å². The SMILES string of the molecule is O=C(O)COc1ccc(C=C2C(=O)NC(=O)NC2=O)cc1Br. The molecule has 0 bridgehead atoms. The predicted octanol–water partition coefficient (Wildman–Crippen LogP) is 0.662. The number of hydrogen-bond acceptors (Lipinski definition) is 5. The fourth-order valence-electron chi connectivity index (χ4n) is 1.64. The molecule has 8 nitrogen and oxygen atoms in total. The molecule has 0 radical (unpaired) electrons. The van der Waals surface area contributed by atoms with Gasteiger partial charge in [-0.05, 0) is 39.7 Å². The van der Waals surface area contributed by atoms with Crippen molar-refractivity contribution in [2.24, 2.45) is 0 Å². The van der Waals surface area contributed by atoms with Gasteiger partial charge in [0.05, 0.1) is 4.47 Å². The zero-order valence-electron chi connectivity index (χ0n) is 10.9. The maximum absolute atomic E-state index is 11.6. The summed E-state index contributed by atoms with van der Waals surface area (Å²) in [5.74, 6) is -2.40. The number of carbonyl (C=O) groups excluding carboxylic acids is 3. The summed E-state index contributed by atoms with van der Waals surface area (Å²) in [5.41, 5.74) is 0.273. The molecule has 1 aliphatic rings. The molecule has 114 valence electrons. The van der Waals surface area contributed by atoms with Crippen molar-refractivity contribution in [3.63, 3.8) is 0 Å². The Labute approximate surface area is 132 Å². The van der Waals surface area contributed by atoms with Crippen molar-refractivity contribution in [2.45, 2.75) is 0 Å². The highest BCUT2D eigenvalue weighted by atomic mass is 79.9. The van der Waals surface area contributed by atoms with Gasteiger partial charge >= 0.3 is 12.0 Å². The highest BCUT2D eigenvalue weighted by Gasteiger charge is 2.27. The molecule has 3 N–H and O–H groups in total. The normalized spacial score (nSPS) is 14.2. The quantitative estimate of drug-likeness (QED) is 0.530. The maximum atomic E-state index is 11.6. The Morgan fingerprint density at radius 2 is 1.86 bits per heavy atom. The van der Waals surface area contributed by atoms with Gasteiger partial charge in [-0.15, -0.1) is 0 Å². The van der Waals surface area contributed by atoms with Gasteiger partial charge in [0.2, 0.25) is 0 Å². The molecule has 1 aromatic carbocycles. The van der Waals surface area contributed by atoms with Gasteiger partial charge in [0, 0.05) is 0 Å². The molecule has 0 atom stereocenters. The summed E-state index contributed by atoms with van der Waals surface area (Å²) in [6.45, 7) is -0.494. The lowest BCUT2D eigenvalue weighted by molar-refractivity contribution is -0.139. The number of hydrogen-bond donors (Lipinski definition) is 3. The lowest BCUT2D eigenvalue weighted by Gasteiger charge is -2.14. The summed E-state index contributed by atoms with van der Waals surface area (Å²) < 4.78 is 5.48. The van der Waals surface area contributed by atoms with Gasteiger partial charge in [-0.1, -0.05) is 6.07 Å². The van der Waals surface area contributed by atoms with E-state index < -0.39 is 30.4 Å². The Morgan fingerprint density at radius 3 is 2.41 bits per heavy atom. The topological polar surface area (TPSA) is 122 Å². The molecule has 2 rings (SSSR count). The maximum Gasteiger partial charge on any atom is 0.341 e. The van der Waals surface area contributed by atoms with Crippen LogP contribution in [0.5, 0.6) is 5.75 Å². The number of nitrogens with one attached hydrogen (secondary N) is 2. The van der Waals surface area contributed by atoms with Gasteiger partial charge in [-0.3, -0.25) is 20.2 Å². The largest absolute Gasteiger partial charge is 0.481 e. The van der Waals surface area contributed by atoms with Crippen LogP contribution in [0.2, 0.25) is 0 Å². The number of aliphatic carboxylic acids is 1. The van der Waals surface area contributed by atoms with Crippen LogP contribution in [0, 0.1) is 0 Å². The van der Waals surface area contributed by atoms with E-state index in [-0.39, 0.29) is 5.57 Å². The summed E-state index contributed by atoms with van der Waals surface area (Å²) in [4.78, 5) is 44.6. The van der Waals surface area contributed by atoms with Crippen LogP contribution in [0.15, 0.2) is 28.2 Å². The van der Waals surface area contributed by atoms with Gasteiger partial charge in [-0.25, -0.2) is 9.59 Å². The molecular formula is C13H9BrN2O6. The van der Waals surface area contributed by atoms with Gasteiger partial charge < -0.3 is 9.84 Å². The van der Waals surface area contributed by atoms with Crippen LogP contribution in [-0.2, 0) is 14.4 Å².